The second-order valence-electron chi connectivity index (χ2n) is 5.78. The van der Waals surface area contributed by atoms with E-state index in [4.69, 9.17) is 4.74 Å². The first kappa shape index (κ1) is 17.5. The lowest BCUT2D eigenvalue weighted by atomic mass is 10.0. The summed E-state index contributed by atoms with van der Waals surface area (Å²) in [4.78, 5) is 0.275. The van der Waals surface area contributed by atoms with Crippen molar-refractivity contribution in [3.63, 3.8) is 0 Å². The maximum atomic E-state index is 12.2. The lowest BCUT2D eigenvalue weighted by molar-refractivity contribution is 0.323. The average Bonchev–Trinajstić information content (AvgIpc) is 2.53. The molecule has 5 heteroatoms. The van der Waals surface area contributed by atoms with E-state index in [1.54, 1.807) is 12.1 Å². The molecule has 0 amide bonds. The summed E-state index contributed by atoms with van der Waals surface area (Å²) in [6, 6.07) is 14.6. The molecule has 0 fully saturated rings. The third kappa shape index (κ3) is 5.08. The minimum Gasteiger partial charge on any atom is -0.492 e. The molecule has 2 aromatic carbocycles. The van der Waals surface area contributed by atoms with Gasteiger partial charge in [0.15, 0.2) is 0 Å². The number of hydrogen-bond donors (Lipinski definition) is 1. The van der Waals surface area contributed by atoms with Gasteiger partial charge in [-0.1, -0.05) is 43.7 Å². The number of sulfonamides is 1. The number of rotatable bonds is 7. The van der Waals surface area contributed by atoms with Crippen LogP contribution < -0.4 is 9.46 Å². The predicted molar refractivity (Wildman–Crippen MR) is 92.4 cm³/mol. The third-order valence-corrected chi connectivity index (χ3v) is 5.02. The summed E-state index contributed by atoms with van der Waals surface area (Å²) >= 11 is 0. The number of nitrogens with one attached hydrogen (secondary N) is 1. The number of benzene rings is 2. The standard InChI is InChI=1S/C18H23NO3S/c1-14(2)16-6-10-18(11-7-16)23(20,21)19-12-13-22-17-8-4-15(3)5-9-17/h4-11,14,19H,12-13H2,1-3H3. The van der Waals surface area contributed by atoms with Crippen LogP contribution in [0.2, 0.25) is 0 Å². The van der Waals surface area contributed by atoms with Gasteiger partial charge in [-0.05, 0) is 42.7 Å². The molecule has 124 valence electrons. The topological polar surface area (TPSA) is 55.4 Å². The van der Waals surface area contributed by atoms with E-state index < -0.39 is 10.0 Å². The fraction of sp³-hybridized carbons (Fsp3) is 0.333. The third-order valence-electron chi connectivity index (χ3n) is 3.54. The van der Waals surface area contributed by atoms with Crippen molar-refractivity contribution in [2.45, 2.75) is 31.6 Å². The van der Waals surface area contributed by atoms with Crippen LogP contribution in [0.15, 0.2) is 53.4 Å². The van der Waals surface area contributed by atoms with Crippen LogP contribution in [0.3, 0.4) is 0 Å². The molecule has 2 rings (SSSR count). The zero-order valence-corrected chi connectivity index (χ0v) is 14.6. The molecule has 0 radical (unpaired) electrons. The van der Waals surface area contributed by atoms with E-state index in [-0.39, 0.29) is 18.0 Å². The van der Waals surface area contributed by atoms with Crippen LogP contribution >= 0.6 is 0 Å². The number of ether oxygens (including phenoxy) is 1. The highest BCUT2D eigenvalue weighted by Gasteiger charge is 2.13. The Morgan fingerprint density at radius 1 is 1.00 bits per heavy atom. The molecule has 0 unspecified atom stereocenters. The smallest absolute Gasteiger partial charge is 0.240 e. The van der Waals surface area contributed by atoms with Gasteiger partial charge in [0.1, 0.15) is 12.4 Å². The Balaban J connectivity index is 1.87. The van der Waals surface area contributed by atoms with E-state index in [0.717, 1.165) is 16.9 Å². The van der Waals surface area contributed by atoms with Crippen molar-refractivity contribution in [2.75, 3.05) is 13.2 Å². The monoisotopic (exact) mass is 333 g/mol. The summed E-state index contributed by atoms with van der Waals surface area (Å²) in [5, 5.41) is 0. The lowest BCUT2D eigenvalue weighted by Crippen LogP contribution is -2.28. The summed E-state index contributed by atoms with van der Waals surface area (Å²) in [6.07, 6.45) is 0. The second kappa shape index (κ2) is 7.62. The van der Waals surface area contributed by atoms with Crippen molar-refractivity contribution in [2.24, 2.45) is 0 Å². The normalized spacial score (nSPS) is 11.7. The zero-order chi connectivity index (χ0) is 16.9. The maximum absolute atomic E-state index is 12.2. The van der Waals surface area contributed by atoms with Crippen LogP contribution in [0, 0.1) is 6.92 Å². The fourth-order valence-electron chi connectivity index (χ4n) is 2.09. The molecule has 0 saturated carbocycles. The van der Waals surface area contributed by atoms with Gasteiger partial charge in [-0.3, -0.25) is 0 Å². The van der Waals surface area contributed by atoms with Gasteiger partial charge in [0, 0.05) is 6.54 Å². The first-order chi connectivity index (χ1) is 10.9. The second-order valence-corrected chi connectivity index (χ2v) is 7.55. The minimum atomic E-state index is -3.49. The van der Waals surface area contributed by atoms with Gasteiger partial charge >= 0.3 is 0 Å². The van der Waals surface area contributed by atoms with E-state index >= 15 is 0 Å². The molecule has 0 bridgehead atoms. The Morgan fingerprint density at radius 2 is 1.61 bits per heavy atom. The van der Waals surface area contributed by atoms with Gasteiger partial charge in [0.2, 0.25) is 10.0 Å². The number of hydrogen-bond acceptors (Lipinski definition) is 3. The van der Waals surface area contributed by atoms with Gasteiger partial charge in [-0.2, -0.15) is 0 Å². The molecular formula is C18H23NO3S. The van der Waals surface area contributed by atoms with E-state index in [2.05, 4.69) is 18.6 Å². The molecule has 0 aliphatic rings. The molecule has 0 spiro atoms. The molecule has 0 atom stereocenters. The van der Waals surface area contributed by atoms with E-state index in [1.165, 1.54) is 0 Å². The number of aryl methyl sites for hydroxylation is 1. The largest absolute Gasteiger partial charge is 0.492 e. The predicted octanol–water partition coefficient (Wildman–Crippen LogP) is 3.48. The summed E-state index contributed by atoms with van der Waals surface area (Å²) in [5.74, 6) is 1.11. The first-order valence-corrected chi connectivity index (χ1v) is 9.16. The molecule has 0 heterocycles. The minimum absolute atomic E-state index is 0.224. The van der Waals surface area contributed by atoms with Crippen LogP contribution in [-0.4, -0.2) is 21.6 Å². The SMILES string of the molecule is Cc1ccc(OCCNS(=O)(=O)c2ccc(C(C)C)cc2)cc1. The van der Waals surface area contributed by atoms with Crippen LogP contribution in [0.25, 0.3) is 0 Å². The Hall–Kier alpha value is -1.85. The van der Waals surface area contributed by atoms with Gasteiger partial charge < -0.3 is 4.74 Å². The molecule has 2 aromatic rings. The van der Waals surface area contributed by atoms with Gasteiger partial charge in [-0.15, -0.1) is 0 Å². The molecule has 1 N–H and O–H groups in total. The van der Waals surface area contributed by atoms with Gasteiger partial charge in [-0.25, -0.2) is 13.1 Å². The summed E-state index contributed by atoms with van der Waals surface area (Å²) in [6.45, 7) is 6.66. The molecule has 0 aliphatic heterocycles. The Kier molecular flexibility index (Phi) is 5.80. The van der Waals surface area contributed by atoms with Crippen molar-refractivity contribution in [3.8, 4) is 5.75 Å². The fourth-order valence-corrected chi connectivity index (χ4v) is 3.11. The van der Waals surface area contributed by atoms with Crippen LogP contribution in [-0.2, 0) is 10.0 Å². The molecule has 0 aliphatic carbocycles. The van der Waals surface area contributed by atoms with Crippen molar-refractivity contribution in [1.82, 2.24) is 4.72 Å². The molecule has 4 nitrogen and oxygen atoms in total. The van der Waals surface area contributed by atoms with Gasteiger partial charge in [0.25, 0.3) is 0 Å². The quantitative estimate of drug-likeness (QED) is 0.789. The lowest BCUT2D eigenvalue weighted by Gasteiger charge is -2.10. The zero-order valence-electron chi connectivity index (χ0n) is 13.7. The van der Waals surface area contributed by atoms with Crippen LogP contribution in [0.5, 0.6) is 5.75 Å². The Morgan fingerprint density at radius 3 is 2.17 bits per heavy atom. The average molecular weight is 333 g/mol. The highest BCUT2D eigenvalue weighted by molar-refractivity contribution is 7.89. The Labute approximate surface area is 138 Å². The van der Waals surface area contributed by atoms with Gasteiger partial charge in [0.05, 0.1) is 4.90 Å². The molecule has 0 saturated heterocycles. The van der Waals surface area contributed by atoms with Crippen LogP contribution in [0.4, 0.5) is 0 Å². The molecule has 23 heavy (non-hydrogen) atoms. The molecule has 0 aromatic heterocycles. The van der Waals surface area contributed by atoms with Crippen molar-refractivity contribution >= 4 is 10.0 Å². The van der Waals surface area contributed by atoms with E-state index in [1.807, 2.05) is 43.3 Å². The van der Waals surface area contributed by atoms with Crippen molar-refractivity contribution in [3.05, 3.63) is 59.7 Å². The van der Waals surface area contributed by atoms with Crippen molar-refractivity contribution in [1.29, 1.82) is 0 Å². The van der Waals surface area contributed by atoms with Crippen molar-refractivity contribution < 1.29 is 13.2 Å². The maximum Gasteiger partial charge on any atom is 0.240 e. The van der Waals surface area contributed by atoms with Crippen LogP contribution in [0.1, 0.15) is 30.9 Å². The first-order valence-electron chi connectivity index (χ1n) is 7.67. The van der Waals surface area contributed by atoms with E-state index in [9.17, 15) is 8.42 Å². The summed E-state index contributed by atoms with van der Waals surface area (Å²) < 4.78 is 32.5. The summed E-state index contributed by atoms with van der Waals surface area (Å²) in [7, 11) is -3.49. The highest BCUT2D eigenvalue weighted by Crippen LogP contribution is 2.17. The van der Waals surface area contributed by atoms with E-state index in [0.29, 0.717) is 5.92 Å². The Bertz CT molecular complexity index is 720. The summed E-state index contributed by atoms with van der Waals surface area (Å²) in [5.41, 5.74) is 2.27. The highest BCUT2D eigenvalue weighted by atomic mass is 32.2. The molecular weight excluding hydrogens is 310 g/mol.